The van der Waals surface area contributed by atoms with Gasteiger partial charge in [0.1, 0.15) is 0 Å². The molecule has 0 spiro atoms. The van der Waals surface area contributed by atoms with Gasteiger partial charge in [0.2, 0.25) is 11.8 Å². The maximum atomic E-state index is 12.3. The fourth-order valence-corrected chi connectivity index (χ4v) is 3.04. The molecule has 0 aliphatic carbocycles. The van der Waals surface area contributed by atoms with E-state index in [1.807, 2.05) is 35.2 Å². The lowest BCUT2D eigenvalue weighted by Gasteiger charge is -2.22. The van der Waals surface area contributed by atoms with Crippen molar-refractivity contribution in [3.8, 4) is 0 Å². The van der Waals surface area contributed by atoms with Crippen LogP contribution in [-0.2, 0) is 11.3 Å². The van der Waals surface area contributed by atoms with Crippen LogP contribution in [0.1, 0.15) is 25.1 Å². The minimum absolute atomic E-state index is 0.202. The predicted molar refractivity (Wildman–Crippen MR) is 86.9 cm³/mol. The fraction of sp³-hybridized carbons (Fsp3) is 0.471. The second-order valence-corrected chi connectivity index (χ2v) is 5.97. The second kappa shape index (κ2) is 6.91. The Hall–Kier alpha value is -2.21. The van der Waals surface area contributed by atoms with E-state index in [0.29, 0.717) is 30.6 Å². The van der Waals surface area contributed by atoms with Gasteiger partial charge in [0, 0.05) is 32.1 Å². The maximum absolute atomic E-state index is 12.3. The van der Waals surface area contributed by atoms with E-state index in [2.05, 4.69) is 22.0 Å². The third kappa shape index (κ3) is 3.76. The molecular weight excluding hydrogens is 292 g/mol. The Bertz CT molecular complexity index is 656. The molecule has 6 nitrogen and oxygen atoms in total. The topological polar surface area (TPSA) is 62.5 Å². The number of aromatic nitrogens is 2. The summed E-state index contributed by atoms with van der Waals surface area (Å²) in [4.78, 5) is 20.7. The SMILES string of the molecule is CCN(Cc1noc(C)n1)CC1CC(=O)N(c2ccccc2)C1. The molecule has 122 valence electrons. The molecule has 6 heteroatoms. The van der Waals surface area contributed by atoms with E-state index in [9.17, 15) is 4.79 Å². The fourth-order valence-electron chi connectivity index (χ4n) is 3.04. The zero-order valence-corrected chi connectivity index (χ0v) is 13.6. The summed E-state index contributed by atoms with van der Waals surface area (Å²) < 4.78 is 5.02. The molecule has 0 radical (unpaired) electrons. The first-order valence-electron chi connectivity index (χ1n) is 8.02. The number of carbonyl (C=O) groups excluding carboxylic acids is 1. The van der Waals surface area contributed by atoms with Crippen LogP contribution in [0.2, 0.25) is 0 Å². The number of para-hydroxylation sites is 1. The first-order chi connectivity index (χ1) is 11.2. The van der Waals surface area contributed by atoms with Crippen LogP contribution in [0.4, 0.5) is 5.69 Å². The van der Waals surface area contributed by atoms with Crippen molar-refractivity contribution in [2.24, 2.45) is 5.92 Å². The van der Waals surface area contributed by atoms with Gasteiger partial charge in [0.05, 0.1) is 6.54 Å². The first-order valence-corrected chi connectivity index (χ1v) is 8.02. The van der Waals surface area contributed by atoms with Crippen LogP contribution in [0.5, 0.6) is 0 Å². The molecular formula is C17H22N4O2. The van der Waals surface area contributed by atoms with E-state index in [1.54, 1.807) is 6.92 Å². The van der Waals surface area contributed by atoms with Gasteiger partial charge in [-0.25, -0.2) is 0 Å². The summed E-state index contributed by atoms with van der Waals surface area (Å²) in [6.07, 6.45) is 0.594. The number of hydrogen-bond acceptors (Lipinski definition) is 5. The van der Waals surface area contributed by atoms with E-state index in [4.69, 9.17) is 4.52 Å². The summed E-state index contributed by atoms with van der Waals surface area (Å²) in [6.45, 7) is 7.08. The van der Waals surface area contributed by atoms with Gasteiger partial charge in [-0.1, -0.05) is 30.3 Å². The van der Waals surface area contributed by atoms with Crippen molar-refractivity contribution in [2.75, 3.05) is 24.5 Å². The molecule has 1 atom stereocenters. The highest BCUT2D eigenvalue weighted by atomic mass is 16.5. The van der Waals surface area contributed by atoms with Crippen LogP contribution in [0.3, 0.4) is 0 Å². The van der Waals surface area contributed by atoms with Gasteiger partial charge in [0.15, 0.2) is 5.82 Å². The molecule has 0 saturated carbocycles. The quantitative estimate of drug-likeness (QED) is 0.818. The lowest BCUT2D eigenvalue weighted by Crippen LogP contribution is -2.31. The van der Waals surface area contributed by atoms with Gasteiger partial charge in [-0.15, -0.1) is 0 Å². The molecule has 1 aliphatic rings. The first kappa shape index (κ1) is 15.7. The van der Waals surface area contributed by atoms with Crippen LogP contribution in [0, 0.1) is 12.8 Å². The number of anilines is 1. The van der Waals surface area contributed by atoms with E-state index in [-0.39, 0.29) is 5.91 Å². The summed E-state index contributed by atoms with van der Waals surface area (Å²) in [6, 6.07) is 9.87. The third-order valence-electron chi connectivity index (χ3n) is 4.17. The number of amides is 1. The third-order valence-corrected chi connectivity index (χ3v) is 4.17. The van der Waals surface area contributed by atoms with Gasteiger partial charge in [-0.05, 0) is 24.6 Å². The average molecular weight is 314 g/mol. The van der Waals surface area contributed by atoms with Gasteiger partial charge in [0.25, 0.3) is 0 Å². The number of nitrogens with zero attached hydrogens (tertiary/aromatic N) is 4. The van der Waals surface area contributed by atoms with Crippen molar-refractivity contribution in [1.82, 2.24) is 15.0 Å². The van der Waals surface area contributed by atoms with E-state index < -0.39 is 0 Å². The smallest absolute Gasteiger partial charge is 0.227 e. The monoisotopic (exact) mass is 314 g/mol. The van der Waals surface area contributed by atoms with Gasteiger partial charge in [-0.3, -0.25) is 9.69 Å². The van der Waals surface area contributed by atoms with E-state index in [1.165, 1.54) is 0 Å². The Morgan fingerprint density at radius 1 is 1.35 bits per heavy atom. The number of carbonyl (C=O) groups is 1. The normalized spacial score (nSPS) is 18.1. The highest BCUT2D eigenvalue weighted by Crippen LogP contribution is 2.25. The molecule has 2 aromatic rings. The Balaban J connectivity index is 1.60. The molecule has 1 amide bonds. The van der Waals surface area contributed by atoms with Gasteiger partial charge >= 0.3 is 0 Å². The van der Waals surface area contributed by atoms with Crippen LogP contribution in [-0.4, -0.2) is 40.6 Å². The number of rotatable bonds is 6. The van der Waals surface area contributed by atoms with Crippen LogP contribution in [0.15, 0.2) is 34.9 Å². The summed E-state index contributed by atoms with van der Waals surface area (Å²) >= 11 is 0. The van der Waals surface area contributed by atoms with Crippen LogP contribution >= 0.6 is 0 Å². The standard InChI is InChI=1S/C17H22N4O2/c1-3-20(12-16-18-13(2)23-19-16)10-14-9-17(22)21(11-14)15-7-5-4-6-8-15/h4-8,14H,3,9-12H2,1-2H3. The molecule has 1 aromatic carbocycles. The van der Waals surface area contributed by atoms with Crippen molar-refractivity contribution in [3.63, 3.8) is 0 Å². The highest BCUT2D eigenvalue weighted by Gasteiger charge is 2.31. The molecule has 23 heavy (non-hydrogen) atoms. The van der Waals surface area contributed by atoms with Crippen LogP contribution in [0.25, 0.3) is 0 Å². The largest absolute Gasteiger partial charge is 0.340 e. The predicted octanol–water partition coefficient (Wildman–Crippen LogP) is 2.25. The van der Waals surface area contributed by atoms with Crippen LogP contribution < -0.4 is 4.90 Å². The zero-order valence-electron chi connectivity index (χ0n) is 13.6. The minimum Gasteiger partial charge on any atom is -0.340 e. The van der Waals surface area contributed by atoms with Crippen molar-refractivity contribution < 1.29 is 9.32 Å². The summed E-state index contributed by atoms with van der Waals surface area (Å²) in [5.41, 5.74) is 0.983. The zero-order chi connectivity index (χ0) is 16.2. The Labute approximate surface area is 136 Å². The molecule has 1 unspecified atom stereocenters. The Morgan fingerprint density at radius 3 is 2.78 bits per heavy atom. The Kier molecular flexibility index (Phi) is 4.71. The minimum atomic E-state index is 0.202. The molecule has 3 rings (SSSR count). The molecule has 1 fully saturated rings. The number of aryl methyl sites for hydroxylation is 1. The molecule has 1 aliphatic heterocycles. The van der Waals surface area contributed by atoms with E-state index in [0.717, 1.165) is 25.3 Å². The van der Waals surface area contributed by atoms with Gasteiger partial charge in [-0.2, -0.15) is 4.98 Å². The van der Waals surface area contributed by atoms with E-state index >= 15 is 0 Å². The average Bonchev–Trinajstić information content (AvgIpc) is 3.13. The summed E-state index contributed by atoms with van der Waals surface area (Å²) in [5.74, 6) is 1.82. The molecule has 2 heterocycles. The lowest BCUT2D eigenvalue weighted by atomic mass is 10.1. The second-order valence-electron chi connectivity index (χ2n) is 5.97. The number of benzene rings is 1. The lowest BCUT2D eigenvalue weighted by molar-refractivity contribution is -0.117. The Morgan fingerprint density at radius 2 is 2.13 bits per heavy atom. The van der Waals surface area contributed by atoms with Crippen molar-refractivity contribution >= 4 is 11.6 Å². The maximum Gasteiger partial charge on any atom is 0.227 e. The number of hydrogen-bond donors (Lipinski definition) is 0. The molecule has 0 bridgehead atoms. The summed E-state index contributed by atoms with van der Waals surface area (Å²) in [7, 11) is 0. The van der Waals surface area contributed by atoms with Crippen molar-refractivity contribution in [2.45, 2.75) is 26.8 Å². The summed E-state index contributed by atoms with van der Waals surface area (Å²) in [5, 5.41) is 3.95. The highest BCUT2D eigenvalue weighted by molar-refractivity contribution is 5.95. The molecule has 0 N–H and O–H groups in total. The molecule has 1 aromatic heterocycles. The van der Waals surface area contributed by atoms with Crippen molar-refractivity contribution in [3.05, 3.63) is 42.0 Å². The molecule has 1 saturated heterocycles. The van der Waals surface area contributed by atoms with Crippen molar-refractivity contribution in [1.29, 1.82) is 0 Å². The van der Waals surface area contributed by atoms with Gasteiger partial charge < -0.3 is 9.42 Å².